The van der Waals surface area contributed by atoms with E-state index in [1.165, 1.54) is 0 Å². The van der Waals surface area contributed by atoms with Gasteiger partial charge in [0.1, 0.15) is 5.84 Å². The van der Waals surface area contributed by atoms with Crippen molar-refractivity contribution >= 4 is 5.84 Å². The number of nitrogens with one attached hydrogen (secondary N) is 2. The van der Waals surface area contributed by atoms with E-state index in [4.69, 9.17) is 15.4 Å². The van der Waals surface area contributed by atoms with Crippen molar-refractivity contribution in [2.24, 2.45) is 0 Å². The maximum Gasteiger partial charge on any atom is 0.149 e. The van der Waals surface area contributed by atoms with Gasteiger partial charge in [0, 0.05) is 12.7 Å². The van der Waals surface area contributed by atoms with E-state index in [-0.39, 0.29) is 11.9 Å². The minimum Gasteiger partial charge on any atom is -0.377 e. The molecule has 0 amide bonds. The number of rotatable bonds is 2. The first-order chi connectivity index (χ1) is 5.77. The van der Waals surface area contributed by atoms with E-state index < -0.39 is 0 Å². The molecule has 0 fully saturated rings. The quantitative estimate of drug-likeness (QED) is 0.325. The van der Waals surface area contributed by atoms with Crippen molar-refractivity contribution < 1.29 is 9.94 Å². The summed E-state index contributed by atoms with van der Waals surface area (Å²) in [6, 6.07) is 0. The summed E-state index contributed by atoms with van der Waals surface area (Å²) in [5, 5.41) is 15.7. The molecule has 1 atom stereocenters. The lowest BCUT2D eigenvalue weighted by atomic mass is 10.0. The maximum absolute atomic E-state index is 8.46. The van der Waals surface area contributed by atoms with Crippen LogP contribution in [0.4, 0.5) is 0 Å². The van der Waals surface area contributed by atoms with Crippen molar-refractivity contribution in [2.75, 3.05) is 7.11 Å². The zero-order chi connectivity index (χ0) is 8.97. The highest BCUT2D eigenvalue weighted by Gasteiger charge is 2.10. The van der Waals surface area contributed by atoms with Crippen LogP contribution in [0.15, 0.2) is 23.8 Å². The van der Waals surface area contributed by atoms with Gasteiger partial charge in [0.25, 0.3) is 0 Å². The van der Waals surface area contributed by atoms with Crippen LogP contribution < -0.4 is 5.48 Å². The predicted molar refractivity (Wildman–Crippen MR) is 45.3 cm³/mol. The van der Waals surface area contributed by atoms with E-state index in [1.807, 2.05) is 6.08 Å². The third-order valence-corrected chi connectivity index (χ3v) is 1.73. The molecule has 4 nitrogen and oxygen atoms in total. The lowest BCUT2D eigenvalue weighted by Gasteiger charge is -2.14. The Labute approximate surface area is 71.0 Å². The third kappa shape index (κ3) is 1.93. The summed E-state index contributed by atoms with van der Waals surface area (Å²) >= 11 is 0. The Hall–Kier alpha value is -1.13. The molecule has 0 saturated heterocycles. The third-order valence-electron chi connectivity index (χ3n) is 1.73. The maximum atomic E-state index is 8.46. The van der Waals surface area contributed by atoms with Gasteiger partial charge in [-0.1, -0.05) is 12.2 Å². The van der Waals surface area contributed by atoms with Crippen LogP contribution in [0.2, 0.25) is 0 Å². The highest BCUT2D eigenvalue weighted by Crippen LogP contribution is 2.12. The molecular formula is C8H12N2O2. The number of methoxy groups -OCH3 is 1. The van der Waals surface area contributed by atoms with Crippen LogP contribution in [0.5, 0.6) is 0 Å². The Balaban J connectivity index is 2.69. The average molecular weight is 168 g/mol. The number of amidine groups is 1. The number of ether oxygens (including phenoxy) is 1. The topological polar surface area (TPSA) is 65.3 Å². The first-order valence-corrected chi connectivity index (χ1v) is 3.68. The monoisotopic (exact) mass is 168 g/mol. The summed E-state index contributed by atoms with van der Waals surface area (Å²) in [6.07, 6.45) is 6.32. The predicted octanol–water partition coefficient (Wildman–Crippen LogP) is 0.844. The second-order valence-electron chi connectivity index (χ2n) is 2.52. The molecule has 4 heteroatoms. The Morgan fingerprint density at radius 2 is 2.58 bits per heavy atom. The van der Waals surface area contributed by atoms with Crippen molar-refractivity contribution in [2.45, 2.75) is 12.5 Å². The zero-order valence-electron chi connectivity index (χ0n) is 6.87. The number of hydrogen-bond acceptors (Lipinski definition) is 3. The largest absolute Gasteiger partial charge is 0.377 e. The number of hydrogen-bond donors (Lipinski definition) is 3. The van der Waals surface area contributed by atoms with Crippen LogP contribution in [0.3, 0.4) is 0 Å². The fraction of sp³-hybridized carbons (Fsp3) is 0.375. The lowest BCUT2D eigenvalue weighted by molar-refractivity contribution is 0.142. The van der Waals surface area contributed by atoms with Gasteiger partial charge in [-0.15, -0.1) is 0 Å². The van der Waals surface area contributed by atoms with Crippen molar-refractivity contribution in [3.05, 3.63) is 23.8 Å². The first-order valence-electron chi connectivity index (χ1n) is 3.68. The zero-order valence-corrected chi connectivity index (χ0v) is 6.87. The van der Waals surface area contributed by atoms with Crippen LogP contribution in [0.25, 0.3) is 0 Å². The van der Waals surface area contributed by atoms with E-state index in [0.717, 1.165) is 6.42 Å². The first kappa shape index (κ1) is 8.96. The molecule has 1 rings (SSSR count). The van der Waals surface area contributed by atoms with Crippen LogP contribution >= 0.6 is 0 Å². The molecule has 0 aromatic heterocycles. The summed E-state index contributed by atoms with van der Waals surface area (Å²) < 4.78 is 5.08. The molecule has 3 N–H and O–H groups in total. The molecule has 0 heterocycles. The second-order valence-corrected chi connectivity index (χ2v) is 2.52. The molecule has 1 unspecified atom stereocenters. The second kappa shape index (κ2) is 4.04. The van der Waals surface area contributed by atoms with Gasteiger partial charge in [0.2, 0.25) is 0 Å². The summed E-state index contributed by atoms with van der Waals surface area (Å²) in [5.74, 6) is -0.00648. The van der Waals surface area contributed by atoms with Crippen molar-refractivity contribution in [1.82, 2.24) is 5.48 Å². The highest BCUT2D eigenvalue weighted by atomic mass is 16.5. The number of hydroxylamine groups is 1. The van der Waals surface area contributed by atoms with E-state index in [9.17, 15) is 0 Å². The summed E-state index contributed by atoms with van der Waals surface area (Å²) in [5.41, 5.74) is 2.44. The Morgan fingerprint density at radius 1 is 1.83 bits per heavy atom. The molecule has 0 spiro atoms. The summed E-state index contributed by atoms with van der Waals surface area (Å²) in [4.78, 5) is 0. The fourth-order valence-electron chi connectivity index (χ4n) is 1.05. The van der Waals surface area contributed by atoms with Gasteiger partial charge in [-0.25, -0.2) is 0 Å². The van der Waals surface area contributed by atoms with Crippen LogP contribution in [0, 0.1) is 5.41 Å². The summed E-state index contributed by atoms with van der Waals surface area (Å²) in [6.45, 7) is 0. The lowest BCUT2D eigenvalue weighted by Crippen LogP contribution is -2.22. The fourth-order valence-corrected chi connectivity index (χ4v) is 1.05. The van der Waals surface area contributed by atoms with E-state index in [0.29, 0.717) is 5.57 Å². The SMILES string of the molecule is COC1C=C(C(=N)NO)C=CC1. The van der Waals surface area contributed by atoms with E-state index in [2.05, 4.69) is 0 Å². The molecule has 0 aromatic carbocycles. The molecule has 0 saturated carbocycles. The molecule has 0 bridgehead atoms. The highest BCUT2D eigenvalue weighted by molar-refractivity contribution is 5.97. The van der Waals surface area contributed by atoms with Gasteiger partial charge >= 0.3 is 0 Å². The van der Waals surface area contributed by atoms with Crippen LogP contribution in [-0.4, -0.2) is 24.3 Å². The van der Waals surface area contributed by atoms with Crippen molar-refractivity contribution in [3.8, 4) is 0 Å². The van der Waals surface area contributed by atoms with Crippen LogP contribution in [-0.2, 0) is 4.74 Å². The van der Waals surface area contributed by atoms with Gasteiger partial charge in [0.05, 0.1) is 6.10 Å². The van der Waals surface area contributed by atoms with Gasteiger partial charge < -0.3 is 4.74 Å². The normalized spacial score (nSPS) is 21.8. The minimum atomic E-state index is -0.00648. The van der Waals surface area contributed by atoms with Gasteiger partial charge in [-0.05, 0) is 12.5 Å². The average Bonchev–Trinajstić information content (AvgIpc) is 2.17. The minimum absolute atomic E-state index is 0.00648. The Morgan fingerprint density at radius 3 is 3.17 bits per heavy atom. The molecular weight excluding hydrogens is 156 g/mol. The molecule has 1 aliphatic rings. The van der Waals surface area contributed by atoms with Gasteiger partial charge in [-0.2, -0.15) is 0 Å². The Bertz CT molecular complexity index is 233. The molecule has 12 heavy (non-hydrogen) atoms. The van der Waals surface area contributed by atoms with Gasteiger partial charge in [-0.3, -0.25) is 16.1 Å². The molecule has 0 radical (unpaired) electrons. The summed E-state index contributed by atoms with van der Waals surface area (Å²) in [7, 11) is 1.62. The van der Waals surface area contributed by atoms with E-state index >= 15 is 0 Å². The standard InChI is InChI=1S/C8H12N2O2/c1-12-7-4-2-3-6(5-7)8(9)10-11/h2-3,5,7,11H,4H2,1H3,(H2,9,10). The molecule has 66 valence electrons. The van der Waals surface area contributed by atoms with E-state index in [1.54, 1.807) is 24.7 Å². The molecule has 0 aliphatic heterocycles. The van der Waals surface area contributed by atoms with Gasteiger partial charge in [0.15, 0.2) is 0 Å². The van der Waals surface area contributed by atoms with Crippen molar-refractivity contribution in [1.29, 1.82) is 5.41 Å². The van der Waals surface area contributed by atoms with Crippen LogP contribution in [0.1, 0.15) is 6.42 Å². The molecule has 0 aromatic rings. The van der Waals surface area contributed by atoms with Crippen molar-refractivity contribution in [3.63, 3.8) is 0 Å². The molecule has 1 aliphatic carbocycles. The Kier molecular flexibility index (Phi) is 3.01. The smallest absolute Gasteiger partial charge is 0.149 e.